The standard InChI is InChI=1S/C13H25NS/c1-10-5-4-6-11(10)14-12-9-15-8-7-13(12,2)3/h10-12,14H,4-9H2,1-3H3. The van der Waals surface area contributed by atoms with Gasteiger partial charge in [0.2, 0.25) is 0 Å². The molecule has 1 aliphatic heterocycles. The lowest BCUT2D eigenvalue weighted by Crippen LogP contribution is -2.51. The summed E-state index contributed by atoms with van der Waals surface area (Å²) in [6.07, 6.45) is 5.63. The second-order valence-corrected chi connectivity index (χ2v) is 7.20. The van der Waals surface area contributed by atoms with Gasteiger partial charge in [0.05, 0.1) is 0 Å². The zero-order valence-corrected chi connectivity index (χ0v) is 11.2. The molecule has 88 valence electrons. The lowest BCUT2D eigenvalue weighted by Gasteiger charge is -2.41. The molecule has 0 bridgehead atoms. The van der Waals surface area contributed by atoms with Crippen LogP contribution in [0.3, 0.4) is 0 Å². The third kappa shape index (κ3) is 2.71. The molecule has 1 saturated heterocycles. The molecule has 0 spiro atoms. The molecule has 2 rings (SSSR count). The first-order valence-electron chi connectivity index (χ1n) is 6.43. The number of hydrogen-bond donors (Lipinski definition) is 1. The van der Waals surface area contributed by atoms with E-state index in [0.29, 0.717) is 5.41 Å². The van der Waals surface area contributed by atoms with Crippen molar-refractivity contribution >= 4 is 11.8 Å². The Bertz CT molecular complexity index is 215. The third-order valence-electron chi connectivity index (χ3n) is 4.40. The Morgan fingerprint density at radius 3 is 2.67 bits per heavy atom. The molecule has 15 heavy (non-hydrogen) atoms. The first kappa shape index (κ1) is 11.8. The smallest absolute Gasteiger partial charge is 0.0212 e. The predicted octanol–water partition coefficient (Wildman–Crippen LogP) is 3.30. The first-order chi connectivity index (χ1) is 7.09. The van der Waals surface area contributed by atoms with Gasteiger partial charge >= 0.3 is 0 Å². The summed E-state index contributed by atoms with van der Waals surface area (Å²) in [6.45, 7) is 7.28. The van der Waals surface area contributed by atoms with E-state index in [1.54, 1.807) is 0 Å². The molecule has 0 amide bonds. The van der Waals surface area contributed by atoms with Gasteiger partial charge in [0.25, 0.3) is 0 Å². The molecule has 3 unspecified atom stereocenters. The van der Waals surface area contributed by atoms with Crippen molar-refractivity contribution < 1.29 is 0 Å². The molecule has 2 fully saturated rings. The van der Waals surface area contributed by atoms with Gasteiger partial charge in [-0.15, -0.1) is 0 Å². The number of thioether (sulfide) groups is 1. The van der Waals surface area contributed by atoms with Gasteiger partial charge in [0.15, 0.2) is 0 Å². The summed E-state index contributed by atoms with van der Waals surface area (Å²) in [5, 5.41) is 3.94. The van der Waals surface area contributed by atoms with Gasteiger partial charge in [-0.2, -0.15) is 11.8 Å². The van der Waals surface area contributed by atoms with Crippen molar-refractivity contribution in [2.24, 2.45) is 11.3 Å². The Kier molecular flexibility index (Phi) is 3.67. The highest BCUT2D eigenvalue weighted by Crippen LogP contribution is 2.36. The average Bonchev–Trinajstić information content (AvgIpc) is 2.56. The van der Waals surface area contributed by atoms with Gasteiger partial charge in [0.1, 0.15) is 0 Å². The van der Waals surface area contributed by atoms with E-state index < -0.39 is 0 Å². The van der Waals surface area contributed by atoms with E-state index in [2.05, 4.69) is 37.8 Å². The Hall–Kier alpha value is 0.310. The highest BCUT2D eigenvalue weighted by molar-refractivity contribution is 7.99. The van der Waals surface area contributed by atoms with Gasteiger partial charge in [-0.1, -0.05) is 27.2 Å². The van der Waals surface area contributed by atoms with Gasteiger partial charge < -0.3 is 5.32 Å². The highest BCUT2D eigenvalue weighted by Gasteiger charge is 2.35. The van der Waals surface area contributed by atoms with Crippen molar-refractivity contribution in [3.63, 3.8) is 0 Å². The Labute approximate surface area is 98.8 Å². The van der Waals surface area contributed by atoms with Crippen LogP contribution in [0.25, 0.3) is 0 Å². The van der Waals surface area contributed by atoms with E-state index >= 15 is 0 Å². The second kappa shape index (κ2) is 4.67. The van der Waals surface area contributed by atoms with Crippen LogP contribution in [-0.2, 0) is 0 Å². The normalized spacial score (nSPS) is 40.6. The summed E-state index contributed by atoms with van der Waals surface area (Å²) in [4.78, 5) is 0. The summed E-state index contributed by atoms with van der Waals surface area (Å²) in [7, 11) is 0. The number of rotatable bonds is 2. The fraction of sp³-hybridized carbons (Fsp3) is 1.00. The van der Waals surface area contributed by atoms with Crippen LogP contribution in [0.1, 0.15) is 46.5 Å². The SMILES string of the molecule is CC1CCCC1NC1CSCCC1(C)C. The molecule has 3 atom stereocenters. The summed E-state index contributed by atoms with van der Waals surface area (Å²) in [5.74, 6) is 3.56. The van der Waals surface area contributed by atoms with Crippen molar-refractivity contribution in [3.8, 4) is 0 Å². The molecule has 1 heterocycles. The maximum atomic E-state index is 3.94. The van der Waals surface area contributed by atoms with Crippen LogP contribution in [0.15, 0.2) is 0 Å². The van der Waals surface area contributed by atoms with Gasteiger partial charge in [0, 0.05) is 17.8 Å². The molecular weight excluding hydrogens is 202 g/mol. The van der Waals surface area contributed by atoms with E-state index in [-0.39, 0.29) is 0 Å². The molecule has 0 aromatic rings. The maximum absolute atomic E-state index is 3.94. The molecule has 1 N–H and O–H groups in total. The van der Waals surface area contributed by atoms with E-state index in [1.165, 1.54) is 37.2 Å². The van der Waals surface area contributed by atoms with Crippen LogP contribution in [-0.4, -0.2) is 23.6 Å². The zero-order valence-electron chi connectivity index (χ0n) is 10.4. The second-order valence-electron chi connectivity index (χ2n) is 6.05. The Balaban J connectivity index is 1.92. The van der Waals surface area contributed by atoms with E-state index in [9.17, 15) is 0 Å². The van der Waals surface area contributed by atoms with E-state index in [4.69, 9.17) is 0 Å². The van der Waals surface area contributed by atoms with Crippen molar-refractivity contribution in [1.82, 2.24) is 5.32 Å². The van der Waals surface area contributed by atoms with Crippen LogP contribution >= 0.6 is 11.8 Å². The molecule has 0 radical (unpaired) electrons. The van der Waals surface area contributed by atoms with E-state index in [0.717, 1.165) is 18.0 Å². The quantitative estimate of drug-likeness (QED) is 0.777. The number of hydrogen-bond acceptors (Lipinski definition) is 2. The lowest BCUT2D eigenvalue weighted by atomic mass is 9.81. The van der Waals surface area contributed by atoms with Gasteiger partial charge in [-0.05, 0) is 36.3 Å². The van der Waals surface area contributed by atoms with Crippen LogP contribution in [0, 0.1) is 11.3 Å². The summed E-state index contributed by atoms with van der Waals surface area (Å²) >= 11 is 2.13. The van der Waals surface area contributed by atoms with Crippen LogP contribution in [0.5, 0.6) is 0 Å². The number of nitrogens with one attached hydrogen (secondary N) is 1. The molecule has 1 aliphatic carbocycles. The molecule has 2 aliphatic rings. The predicted molar refractivity (Wildman–Crippen MR) is 69.4 cm³/mol. The average molecular weight is 227 g/mol. The van der Waals surface area contributed by atoms with Crippen LogP contribution in [0.4, 0.5) is 0 Å². The minimum absolute atomic E-state index is 0.508. The molecule has 1 saturated carbocycles. The van der Waals surface area contributed by atoms with Gasteiger partial charge in [-0.25, -0.2) is 0 Å². The van der Waals surface area contributed by atoms with Crippen molar-refractivity contribution in [1.29, 1.82) is 0 Å². The van der Waals surface area contributed by atoms with Crippen molar-refractivity contribution in [2.75, 3.05) is 11.5 Å². The summed E-state index contributed by atoms with van der Waals surface area (Å²) < 4.78 is 0. The van der Waals surface area contributed by atoms with Crippen LogP contribution < -0.4 is 5.32 Å². The molecule has 2 heteroatoms. The van der Waals surface area contributed by atoms with Crippen molar-refractivity contribution in [3.05, 3.63) is 0 Å². The molecule has 0 aromatic heterocycles. The van der Waals surface area contributed by atoms with Crippen molar-refractivity contribution in [2.45, 2.75) is 58.5 Å². The maximum Gasteiger partial charge on any atom is 0.0212 e. The summed E-state index contributed by atoms with van der Waals surface area (Å²) in [6, 6.07) is 1.54. The zero-order chi connectivity index (χ0) is 10.9. The first-order valence-corrected chi connectivity index (χ1v) is 7.59. The fourth-order valence-corrected chi connectivity index (χ4v) is 4.48. The molecule has 1 nitrogen and oxygen atoms in total. The highest BCUT2D eigenvalue weighted by atomic mass is 32.2. The molecule has 0 aromatic carbocycles. The minimum Gasteiger partial charge on any atom is -0.310 e. The monoisotopic (exact) mass is 227 g/mol. The lowest BCUT2D eigenvalue weighted by molar-refractivity contribution is 0.216. The molecular formula is C13H25NS. The summed E-state index contributed by atoms with van der Waals surface area (Å²) in [5.41, 5.74) is 0.508. The van der Waals surface area contributed by atoms with E-state index in [1.807, 2.05) is 0 Å². The van der Waals surface area contributed by atoms with Gasteiger partial charge in [-0.3, -0.25) is 0 Å². The third-order valence-corrected chi connectivity index (χ3v) is 5.46. The topological polar surface area (TPSA) is 12.0 Å². The fourth-order valence-electron chi connectivity index (χ4n) is 2.86. The Morgan fingerprint density at radius 2 is 2.07 bits per heavy atom. The Morgan fingerprint density at radius 1 is 1.27 bits per heavy atom. The largest absolute Gasteiger partial charge is 0.310 e. The minimum atomic E-state index is 0.508. The van der Waals surface area contributed by atoms with Crippen LogP contribution in [0.2, 0.25) is 0 Å².